The van der Waals surface area contributed by atoms with Gasteiger partial charge in [0, 0.05) is 42.2 Å². The maximum Gasteiger partial charge on any atom is 0.0880 e. The van der Waals surface area contributed by atoms with Crippen LogP contribution < -0.4 is 0 Å². The van der Waals surface area contributed by atoms with Crippen LogP contribution in [0.5, 0.6) is 0 Å². The molecule has 3 heterocycles. The fourth-order valence-corrected chi connectivity index (χ4v) is 6.87. The molecule has 0 fully saturated rings. The number of hydrogen-bond donors (Lipinski definition) is 0. The van der Waals surface area contributed by atoms with E-state index in [1.54, 1.807) is 0 Å². The minimum Gasteiger partial charge on any atom is -0.255 e. The van der Waals surface area contributed by atoms with Crippen LogP contribution in [0.4, 0.5) is 0 Å². The van der Waals surface area contributed by atoms with Gasteiger partial charge in [0.1, 0.15) is 0 Å². The Morgan fingerprint density at radius 1 is 0.774 bits per heavy atom. The zero-order valence-electron chi connectivity index (χ0n) is 18.1. The molecule has 6 rings (SSSR count). The lowest BCUT2D eigenvalue weighted by Gasteiger charge is -2.22. The molecule has 0 atom stereocenters. The average Bonchev–Trinajstić information content (AvgIpc) is 3.31. The third-order valence-electron chi connectivity index (χ3n) is 6.11. The van der Waals surface area contributed by atoms with E-state index in [9.17, 15) is 0 Å². The van der Waals surface area contributed by atoms with E-state index in [2.05, 4.69) is 88.4 Å². The van der Waals surface area contributed by atoms with Crippen molar-refractivity contribution in [3.05, 3.63) is 77.3 Å². The van der Waals surface area contributed by atoms with E-state index in [1.807, 2.05) is 28.9 Å². The predicted molar refractivity (Wildman–Crippen MR) is 139 cm³/mol. The fourth-order valence-electron chi connectivity index (χ4n) is 4.71. The van der Waals surface area contributed by atoms with Crippen molar-refractivity contribution in [3.63, 3.8) is 0 Å². The Labute approximate surface area is 190 Å². The van der Waals surface area contributed by atoms with Crippen LogP contribution in [0.25, 0.3) is 52.3 Å². The third kappa shape index (κ3) is 2.91. The predicted octanol–water partition coefficient (Wildman–Crippen LogP) is 9.09. The number of fused-ring (bicyclic) bond motifs is 6. The molecule has 0 saturated heterocycles. The highest BCUT2D eigenvalue weighted by molar-refractivity contribution is 7.26. The van der Waals surface area contributed by atoms with E-state index in [1.165, 1.54) is 57.0 Å². The summed E-state index contributed by atoms with van der Waals surface area (Å²) in [6.07, 6.45) is 1.98. The van der Waals surface area contributed by atoms with Gasteiger partial charge in [-0.25, -0.2) is 0 Å². The topological polar surface area (TPSA) is 12.9 Å². The molecular formula is C28H23NS2. The highest BCUT2D eigenvalue weighted by Crippen LogP contribution is 2.44. The summed E-state index contributed by atoms with van der Waals surface area (Å²) in [5.74, 6) is 0. The van der Waals surface area contributed by atoms with Crippen molar-refractivity contribution in [3.8, 4) is 11.3 Å². The molecule has 0 spiro atoms. The normalized spacial score (nSPS) is 12.5. The Morgan fingerprint density at radius 2 is 1.58 bits per heavy atom. The van der Waals surface area contributed by atoms with Crippen molar-refractivity contribution in [2.45, 2.75) is 33.1 Å². The second kappa shape index (κ2) is 6.62. The molecule has 1 nitrogen and oxygen atoms in total. The Balaban J connectivity index is 1.71. The van der Waals surface area contributed by atoms with Crippen LogP contribution in [0.2, 0.25) is 0 Å². The summed E-state index contributed by atoms with van der Waals surface area (Å²) >= 11 is 3.74. The van der Waals surface area contributed by atoms with Gasteiger partial charge in [0.05, 0.1) is 10.4 Å². The zero-order valence-corrected chi connectivity index (χ0v) is 19.7. The van der Waals surface area contributed by atoms with E-state index in [0.717, 1.165) is 5.69 Å². The molecule has 0 aliphatic carbocycles. The zero-order chi connectivity index (χ0) is 21.3. The lowest BCUT2D eigenvalue weighted by atomic mass is 9.82. The molecular weight excluding hydrogens is 414 g/mol. The summed E-state index contributed by atoms with van der Waals surface area (Å²) in [5, 5.41) is 6.68. The molecule has 0 bridgehead atoms. The molecule has 6 aromatic rings. The number of aryl methyl sites for hydroxylation is 1. The first-order valence-electron chi connectivity index (χ1n) is 10.6. The number of nitrogens with zero attached hydrogens (tertiary/aromatic N) is 1. The number of aromatic nitrogens is 1. The number of thiophene rings is 2. The number of benzene rings is 3. The van der Waals surface area contributed by atoms with Crippen molar-refractivity contribution < 1.29 is 0 Å². The van der Waals surface area contributed by atoms with Crippen LogP contribution in [-0.2, 0) is 5.41 Å². The van der Waals surface area contributed by atoms with Gasteiger partial charge < -0.3 is 0 Å². The molecule has 0 radical (unpaired) electrons. The van der Waals surface area contributed by atoms with Gasteiger partial charge in [-0.1, -0.05) is 45.0 Å². The summed E-state index contributed by atoms with van der Waals surface area (Å²) < 4.78 is 3.99. The highest BCUT2D eigenvalue weighted by Gasteiger charge is 2.20. The minimum absolute atomic E-state index is 0.0596. The fraction of sp³-hybridized carbons (Fsp3) is 0.179. The Bertz CT molecular complexity index is 1630. The van der Waals surface area contributed by atoms with Crippen molar-refractivity contribution in [1.29, 1.82) is 0 Å². The molecule has 0 aliphatic heterocycles. The first kappa shape index (κ1) is 19.0. The standard InChI is InChI=1S/C28H23NS2/c1-16-13-21-23(30-16)9-10-24-25(21)20-11-12-29-26(27(20)31-24)18-14-17-7-5-6-8-19(17)22(15-18)28(2,3)4/h5-15H,1-4H3. The van der Waals surface area contributed by atoms with Gasteiger partial charge in [0.25, 0.3) is 0 Å². The van der Waals surface area contributed by atoms with Gasteiger partial charge in [-0.15, -0.1) is 22.7 Å². The number of rotatable bonds is 1. The molecule has 3 aromatic carbocycles. The van der Waals surface area contributed by atoms with Gasteiger partial charge in [-0.3, -0.25) is 4.98 Å². The van der Waals surface area contributed by atoms with Gasteiger partial charge in [-0.2, -0.15) is 0 Å². The van der Waals surface area contributed by atoms with E-state index in [-0.39, 0.29) is 5.41 Å². The molecule has 3 aromatic heterocycles. The van der Waals surface area contributed by atoms with E-state index >= 15 is 0 Å². The smallest absolute Gasteiger partial charge is 0.0880 e. The van der Waals surface area contributed by atoms with Crippen molar-refractivity contribution in [2.24, 2.45) is 0 Å². The van der Waals surface area contributed by atoms with E-state index in [0.29, 0.717) is 0 Å². The first-order valence-corrected chi connectivity index (χ1v) is 12.3. The molecule has 3 heteroatoms. The Kier molecular flexibility index (Phi) is 4.05. The summed E-state index contributed by atoms with van der Waals surface area (Å²) in [5.41, 5.74) is 3.73. The Morgan fingerprint density at radius 3 is 2.42 bits per heavy atom. The summed E-state index contributed by atoms with van der Waals surface area (Å²) in [7, 11) is 0. The highest BCUT2D eigenvalue weighted by atomic mass is 32.1. The van der Waals surface area contributed by atoms with Gasteiger partial charge in [0.15, 0.2) is 0 Å². The molecule has 0 saturated carbocycles. The molecule has 152 valence electrons. The van der Waals surface area contributed by atoms with Crippen LogP contribution in [0, 0.1) is 6.92 Å². The minimum atomic E-state index is 0.0596. The molecule has 0 N–H and O–H groups in total. The van der Waals surface area contributed by atoms with Gasteiger partial charge in [-0.05, 0) is 65.1 Å². The average molecular weight is 438 g/mol. The molecule has 31 heavy (non-hydrogen) atoms. The monoisotopic (exact) mass is 437 g/mol. The molecule has 0 unspecified atom stereocenters. The molecule has 0 amide bonds. The lowest BCUT2D eigenvalue weighted by molar-refractivity contribution is 0.596. The number of pyridine rings is 1. The van der Waals surface area contributed by atoms with E-state index in [4.69, 9.17) is 4.98 Å². The SMILES string of the molecule is Cc1cc2c(ccc3sc4c(-c5cc(C(C)(C)C)c6ccccc6c5)nccc4c32)s1. The third-order valence-corrected chi connectivity index (χ3v) is 8.31. The van der Waals surface area contributed by atoms with Gasteiger partial charge >= 0.3 is 0 Å². The summed E-state index contributed by atoms with van der Waals surface area (Å²) in [6, 6.07) is 22.5. The largest absolute Gasteiger partial charge is 0.255 e. The van der Waals surface area contributed by atoms with Crippen molar-refractivity contribution in [1.82, 2.24) is 4.98 Å². The number of hydrogen-bond acceptors (Lipinski definition) is 3. The quantitative estimate of drug-likeness (QED) is 0.250. The van der Waals surface area contributed by atoms with Crippen LogP contribution in [-0.4, -0.2) is 4.98 Å². The summed E-state index contributed by atoms with van der Waals surface area (Å²) in [4.78, 5) is 6.26. The Hall–Kier alpha value is -2.75. The maximum atomic E-state index is 4.90. The maximum absolute atomic E-state index is 4.90. The van der Waals surface area contributed by atoms with E-state index < -0.39 is 0 Å². The summed E-state index contributed by atoms with van der Waals surface area (Å²) in [6.45, 7) is 9.08. The van der Waals surface area contributed by atoms with Crippen molar-refractivity contribution in [2.75, 3.05) is 0 Å². The van der Waals surface area contributed by atoms with Crippen LogP contribution in [0.1, 0.15) is 31.2 Å². The van der Waals surface area contributed by atoms with Crippen molar-refractivity contribution >= 4 is 63.7 Å². The van der Waals surface area contributed by atoms with Crippen LogP contribution >= 0.6 is 22.7 Å². The van der Waals surface area contributed by atoms with Gasteiger partial charge in [0.2, 0.25) is 0 Å². The van der Waals surface area contributed by atoms with Crippen LogP contribution in [0.3, 0.4) is 0 Å². The lowest BCUT2D eigenvalue weighted by Crippen LogP contribution is -2.12. The second-order valence-electron chi connectivity index (χ2n) is 9.34. The first-order chi connectivity index (χ1) is 14.9. The van der Waals surface area contributed by atoms with Crippen LogP contribution in [0.15, 0.2) is 66.9 Å². The molecule has 0 aliphatic rings. The second-order valence-corrected chi connectivity index (χ2v) is 11.7.